The number of nitriles is 1. The summed E-state index contributed by atoms with van der Waals surface area (Å²) in [5, 5.41) is 24.8. The van der Waals surface area contributed by atoms with E-state index in [2.05, 4.69) is 21.3 Å². The number of nitrogens with zero attached hydrogens (tertiary/aromatic N) is 3. The molecule has 6 heteroatoms. The lowest BCUT2D eigenvalue weighted by Crippen LogP contribution is -2.44. The van der Waals surface area contributed by atoms with Crippen LogP contribution >= 0.6 is 0 Å². The molecule has 4 rings (SSSR count). The molecule has 0 radical (unpaired) electrons. The van der Waals surface area contributed by atoms with Gasteiger partial charge in [0.1, 0.15) is 17.5 Å². The van der Waals surface area contributed by atoms with E-state index in [4.69, 9.17) is 0 Å². The summed E-state index contributed by atoms with van der Waals surface area (Å²) in [6.45, 7) is 5.34. The van der Waals surface area contributed by atoms with Gasteiger partial charge in [-0.2, -0.15) is 5.26 Å². The standard InChI is InChI=1S/C30H34N4O2/c1-3-22(4-2)29(35)33-27-19-23(20-31)28(32-21-27)34-17-15-26(16-18-34)30(36,24-11-7-5-8-12-24)25-13-9-6-10-14-25/h5-14,19,21-22,26,36H,3-4,15-18H2,1-2H3,(H,33,35). The van der Waals surface area contributed by atoms with Crippen LogP contribution in [0.1, 0.15) is 56.2 Å². The van der Waals surface area contributed by atoms with E-state index >= 15 is 0 Å². The normalized spacial score (nSPS) is 14.5. The van der Waals surface area contributed by atoms with E-state index in [9.17, 15) is 15.2 Å². The highest BCUT2D eigenvalue weighted by Gasteiger charge is 2.41. The summed E-state index contributed by atoms with van der Waals surface area (Å²) in [5.74, 6) is 0.546. The van der Waals surface area contributed by atoms with Crippen LogP contribution in [0.5, 0.6) is 0 Å². The van der Waals surface area contributed by atoms with Crippen molar-refractivity contribution >= 4 is 17.4 Å². The van der Waals surface area contributed by atoms with Gasteiger partial charge in [-0.25, -0.2) is 4.98 Å². The zero-order valence-electron chi connectivity index (χ0n) is 21.0. The number of pyridine rings is 1. The van der Waals surface area contributed by atoms with Gasteiger partial charge in [0.25, 0.3) is 0 Å². The Hall–Kier alpha value is -3.69. The van der Waals surface area contributed by atoms with Crippen molar-refractivity contribution < 1.29 is 9.90 Å². The number of amides is 1. The molecule has 1 saturated heterocycles. The van der Waals surface area contributed by atoms with Crippen molar-refractivity contribution in [3.8, 4) is 6.07 Å². The SMILES string of the molecule is CCC(CC)C(=O)Nc1cnc(N2CCC(C(O)(c3ccccc3)c3ccccc3)CC2)c(C#N)c1. The molecular weight excluding hydrogens is 448 g/mol. The molecule has 1 fully saturated rings. The number of aliphatic hydroxyl groups is 1. The van der Waals surface area contributed by atoms with Crippen molar-refractivity contribution in [3.63, 3.8) is 0 Å². The Morgan fingerprint density at radius 3 is 2.14 bits per heavy atom. The van der Waals surface area contributed by atoms with Crippen LogP contribution < -0.4 is 10.2 Å². The topological polar surface area (TPSA) is 89.2 Å². The summed E-state index contributed by atoms with van der Waals surface area (Å²) in [4.78, 5) is 19.1. The van der Waals surface area contributed by atoms with Crippen LogP contribution in [0.2, 0.25) is 0 Å². The average Bonchev–Trinajstić information content (AvgIpc) is 2.94. The van der Waals surface area contributed by atoms with Crippen molar-refractivity contribution in [2.75, 3.05) is 23.3 Å². The molecule has 0 atom stereocenters. The number of piperidine rings is 1. The molecule has 6 nitrogen and oxygen atoms in total. The summed E-state index contributed by atoms with van der Waals surface area (Å²) >= 11 is 0. The molecule has 1 amide bonds. The van der Waals surface area contributed by atoms with Gasteiger partial charge in [0.05, 0.1) is 17.4 Å². The summed E-state index contributed by atoms with van der Waals surface area (Å²) in [6.07, 6.45) is 4.67. The third kappa shape index (κ3) is 5.12. The minimum atomic E-state index is -1.09. The van der Waals surface area contributed by atoms with Crippen molar-refractivity contribution in [1.82, 2.24) is 4.98 Å². The van der Waals surface area contributed by atoms with E-state index in [-0.39, 0.29) is 17.7 Å². The first-order chi connectivity index (χ1) is 17.5. The number of carbonyl (C=O) groups is 1. The van der Waals surface area contributed by atoms with E-state index in [1.807, 2.05) is 74.5 Å². The number of anilines is 2. The minimum Gasteiger partial charge on any atom is -0.380 e. The van der Waals surface area contributed by atoms with Gasteiger partial charge < -0.3 is 15.3 Å². The highest BCUT2D eigenvalue weighted by atomic mass is 16.3. The molecule has 0 bridgehead atoms. The quantitative estimate of drug-likeness (QED) is 0.444. The van der Waals surface area contributed by atoms with Crippen molar-refractivity contribution in [1.29, 1.82) is 5.26 Å². The second kappa shape index (κ2) is 11.4. The zero-order chi connectivity index (χ0) is 25.5. The Kier molecular flexibility index (Phi) is 8.02. The Morgan fingerprint density at radius 2 is 1.64 bits per heavy atom. The van der Waals surface area contributed by atoms with E-state index in [1.165, 1.54) is 0 Å². The molecule has 36 heavy (non-hydrogen) atoms. The summed E-state index contributed by atoms with van der Waals surface area (Å²) in [5.41, 5.74) is 1.68. The van der Waals surface area contributed by atoms with Crippen LogP contribution in [0.3, 0.4) is 0 Å². The van der Waals surface area contributed by atoms with Crippen molar-refractivity contribution in [2.45, 2.75) is 45.1 Å². The monoisotopic (exact) mass is 482 g/mol. The molecule has 1 aliphatic rings. The van der Waals surface area contributed by atoms with Crippen LogP contribution in [0.4, 0.5) is 11.5 Å². The number of rotatable bonds is 8. The molecule has 2 heterocycles. The van der Waals surface area contributed by atoms with Crippen LogP contribution in [-0.2, 0) is 10.4 Å². The van der Waals surface area contributed by atoms with Gasteiger partial charge in [0.15, 0.2) is 0 Å². The second-order valence-corrected chi connectivity index (χ2v) is 9.47. The lowest BCUT2D eigenvalue weighted by molar-refractivity contribution is -0.120. The minimum absolute atomic E-state index is 0.0164. The van der Waals surface area contributed by atoms with E-state index in [1.54, 1.807) is 12.3 Å². The fourth-order valence-electron chi connectivity index (χ4n) is 5.30. The maximum Gasteiger partial charge on any atom is 0.227 e. The Bertz CT molecular complexity index is 1160. The number of hydrogen-bond donors (Lipinski definition) is 2. The van der Waals surface area contributed by atoms with Crippen LogP contribution in [0.15, 0.2) is 72.9 Å². The lowest BCUT2D eigenvalue weighted by Gasteiger charge is -2.42. The molecule has 186 valence electrons. The molecule has 0 saturated carbocycles. The highest BCUT2D eigenvalue weighted by Crippen LogP contribution is 2.42. The molecular formula is C30H34N4O2. The molecule has 1 aliphatic heterocycles. The molecule has 2 aromatic carbocycles. The summed E-state index contributed by atoms with van der Waals surface area (Å²) in [7, 11) is 0. The second-order valence-electron chi connectivity index (χ2n) is 9.47. The first-order valence-corrected chi connectivity index (χ1v) is 12.8. The van der Waals surface area contributed by atoms with E-state index < -0.39 is 5.60 Å². The predicted octanol–water partition coefficient (Wildman–Crippen LogP) is 5.48. The Balaban J connectivity index is 1.53. The van der Waals surface area contributed by atoms with Gasteiger partial charge in [0.2, 0.25) is 5.91 Å². The third-order valence-corrected chi connectivity index (χ3v) is 7.42. The molecule has 2 N–H and O–H groups in total. The first-order valence-electron chi connectivity index (χ1n) is 12.8. The molecule has 1 aromatic heterocycles. The Morgan fingerprint density at radius 1 is 1.08 bits per heavy atom. The van der Waals surface area contributed by atoms with Gasteiger partial charge in [-0.15, -0.1) is 0 Å². The maximum absolute atomic E-state index is 12.5. The van der Waals surface area contributed by atoms with E-state index in [0.717, 1.165) is 36.8 Å². The highest BCUT2D eigenvalue weighted by molar-refractivity contribution is 5.92. The van der Waals surface area contributed by atoms with Gasteiger partial charge >= 0.3 is 0 Å². The number of aromatic nitrogens is 1. The van der Waals surface area contributed by atoms with Gasteiger partial charge in [0, 0.05) is 19.0 Å². The Labute approximate surface area is 213 Å². The van der Waals surface area contributed by atoms with Crippen LogP contribution in [0.25, 0.3) is 0 Å². The van der Waals surface area contributed by atoms with Crippen LogP contribution in [-0.4, -0.2) is 29.1 Å². The fraction of sp³-hybridized carbons (Fsp3) is 0.367. The average molecular weight is 483 g/mol. The number of hydrogen-bond acceptors (Lipinski definition) is 5. The van der Waals surface area contributed by atoms with Gasteiger partial charge in [-0.1, -0.05) is 74.5 Å². The first kappa shape index (κ1) is 25.4. The van der Waals surface area contributed by atoms with E-state index in [0.29, 0.717) is 30.2 Å². The largest absolute Gasteiger partial charge is 0.380 e. The zero-order valence-corrected chi connectivity index (χ0v) is 21.0. The third-order valence-electron chi connectivity index (χ3n) is 7.42. The summed E-state index contributed by atoms with van der Waals surface area (Å²) in [6, 6.07) is 23.7. The smallest absolute Gasteiger partial charge is 0.227 e. The van der Waals surface area contributed by atoms with Crippen molar-refractivity contribution in [3.05, 3.63) is 89.6 Å². The number of carbonyl (C=O) groups excluding carboxylic acids is 1. The maximum atomic E-state index is 12.5. The summed E-state index contributed by atoms with van der Waals surface area (Å²) < 4.78 is 0. The van der Waals surface area contributed by atoms with Crippen LogP contribution in [0, 0.1) is 23.2 Å². The molecule has 0 spiro atoms. The molecule has 3 aromatic rings. The number of benzene rings is 2. The molecule has 0 aliphatic carbocycles. The molecule has 0 unspecified atom stereocenters. The van der Waals surface area contributed by atoms with Gasteiger partial charge in [-0.3, -0.25) is 4.79 Å². The van der Waals surface area contributed by atoms with Crippen molar-refractivity contribution in [2.24, 2.45) is 11.8 Å². The predicted molar refractivity (Wildman–Crippen MR) is 142 cm³/mol. The fourth-order valence-corrected chi connectivity index (χ4v) is 5.30. The lowest BCUT2D eigenvalue weighted by atomic mass is 9.72. The van der Waals surface area contributed by atoms with Gasteiger partial charge in [-0.05, 0) is 48.8 Å². The number of nitrogens with one attached hydrogen (secondary N) is 1.